The second kappa shape index (κ2) is 8.94. The Hall–Kier alpha value is -2.76. The highest BCUT2D eigenvalue weighted by atomic mass is 32.2. The maximum Gasteiger partial charge on any atom is 0.414 e. The highest BCUT2D eigenvalue weighted by molar-refractivity contribution is 7.89. The highest BCUT2D eigenvalue weighted by Gasteiger charge is 2.35. The van der Waals surface area contributed by atoms with Crippen LogP contribution < -0.4 is 10.6 Å². The largest absolute Gasteiger partial charge is 0.450 e. The summed E-state index contributed by atoms with van der Waals surface area (Å²) < 4.78 is 31.1. The fourth-order valence-electron chi connectivity index (χ4n) is 2.67. The summed E-state index contributed by atoms with van der Waals surface area (Å²) in [5.41, 5.74) is 0.347. The number of thiophene rings is 1. The summed E-state index contributed by atoms with van der Waals surface area (Å²) in [7, 11) is -2.05. The molecule has 11 heteroatoms. The molecule has 3 amide bonds. The van der Waals surface area contributed by atoms with Crippen LogP contribution in [0.3, 0.4) is 0 Å². The summed E-state index contributed by atoms with van der Waals surface area (Å²) in [4.78, 5) is 36.2. The van der Waals surface area contributed by atoms with Crippen molar-refractivity contribution in [2.45, 2.75) is 30.7 Å². The first-order chi connectivity index (χ1) is 14.2. The van der Waals surface area contributed by atoms with Gasteiger partial charge in [0.2, 0.25) is 10.0 Å². The van der Waals surface area contributed by atoms with Gasteiger partial charge in [0.25, 0.3) is 11.8 Å². The number of carbonyl (C=O) groups is 3. The lowest BCUT2D eigenvalue weighted by Gasteiger charge is -2.16. The molecule has 1 aromatic heterocycles. The molecule has 9 nitrogen and oxygen atoms in total. The highest BCUT2D eigenvalue weighted by Crippen LogP contribution is 2.30. The first-order valence-electron chi connectivity index (χ1n) is 9.19. The third kappa shape index (κ3) is 4.86. The van der Waals surface area contributed by atoms with Crippen molar-refractivity contribution in [1.29, 1.82) is 0 Å². The van der Waals surface area contributed by atoms with Crippen LogP contribution in [0.4, 0.5) is 9.80 Å². The van der Waals surface area contributed by atoms with E-state index < -0.39 is 27.9 Å². The van der Waals surface area contributed by atoms with Crippen LogP contribution in [0.1, 0.15) is 40.5 Å². The maximum absolute atomic E-state index is 12.6. The molecule has 0 radical (unpaired) electrons. The Balaban J connectivity index is 1.69. The molecule has 1 aliphatic rings. The Bertz CT molecular complexity index is 1060. The van der Waals surface area contributed by atoms with E-state index in [2.05, 4.69) is 15.4 Å². The van der Waals surface area contributed by atoms with E-state index in [0.717, 1.165) is 24.2 Å². The molecular weight excluding hydrogens is 430 g/mol. The number of alkyl carbamates (subject to hydrolysis) is 1. The predicted molar refractivity (Wildman–Crippen MR) is 111 cm³/mol. The molecule has 0 unspecified atom stereocenters. The van der Waals surface area contributed by atoms with Crippen molar-refractivity contribution >= 4 is 44.3 Å². The number of rotatable bonds is 7. The Morgan fingerprint density at radius 3 is 2.40 bits per heavy atom. The Labute approximate surface area is 178 Å². The van der Waals surface area contributed by atoms with E-state index in [1.807, 2.05) is 0 Å². The minimum atomic E-state index is -3.60. The molecule has 160 valence electrons. The van der Waals surface area contributed by atoms with Crippen molar-refractivity contribution in [3.63, 3.8) is 0 Å². The number of anilines is 1. The van der Waals surface area contributed by atoms with Crippen molar-refractivity contribution in [2.24, 2.45) is 0 Å². The van der Waals surface area contributed by atoms with Crippen molar-refractivity contribution in [1.82, 2.24) is 9.62 Å². The van der Waals surface area contributed by atoms with Crippen molar-refractivity contribution in [3.8, 4) is 0 Å². The van der Waals surface area contributed by atoms with E-state index in [9.17, 15) is 22.8 Å². The molecule has 1 aromatic carbocycles. The first kappa shape index (κ1) is 21.9. The molecule has 3 rings (SSSR count). The standard InChI is InChI=1S/C19H21N3O6S2/c1-3-28-19(25)21-17(24)15-10-11-29-18(15)20-16(23)12-4-8-14(9-5-12)30(26,27)22(2)13-6-7-13/h4-5,8-11,13H,3,6-7H2,1-2H3,(H,20,23)(H,21,24,25). The quantitative estimate of drug-likeness (QED) is 0.667. The molecular formula is C19H21N3O6S2. The normalized spacial score (nSPS) is 13.7. The summed E-state index contributed by atoms with van der Waals surface area (Å²) in [5.74, 6) is -1.21. The van der Waals surface area contributed by atoms with Gasteiger partial charge < -0.3 is 10.1 Å². The number of hydrogen-bond acceptors (Lipinski definition) is 7. The third-order valence-electron chi connectivity index (χ3n) is 4.48. The zero-order valence-corrected chi connectivity index (χ0v) is 18.0. The molecule has 0 atom stereocenters. The number of ether oxygens (including phenoxy) is 1. The van der Waals surface area contributed by atoms with Gasteiger partial charge in [-0.2, -0.15) is 4.31 Å². The average Bonchev–Trinajstić information content (AvgIpc) is 3.46. The second-order valence-corrected chi connectivity index (χ2v) is 9.48. The van der Waals surface area contributed by atoms with Gasteiger partial charge in [0.15, 0.2) is 0 Å². The van der Waals surface area contributed by atoms with Gasteiger partial charge in [-0.25, -0.2) is 13.2 Å². The summed E-state index contributed by atoms with van der Waals surface area (Å²) in [5, 5.41) is 6.53. The van der Waals surface area contributed by atoms with Crippen LogP contribution in [-0.2, 0) is 14.8 Å². The summed E-state index contributed by atoms with van der Waals surface area (Å²) in [6.07, 6.45) is 0.825. The van der Waals surface area contributed by atoms with E-state index in [0.29, 0.717) is 0 Å². The number of benzene rings is 1. The van der Waals surface area contributed by atoms with Crippen molar-refractivity contribution in [2.75, 3.05) is 19.0 Å². The number of nitrogens with one attached hydrogen (secondary N) is 2. The number of imide groups is 1. The fraction of sp³-hybridized carbons (Fsp3) is 0.316. The van der Waals surface area contributed by atoms with E-state index in [-0.39, 0.29) is 33.7 Å². The lowest BCUT2D eigenvalue weighted by Crippen LogP contribution is -2.31. The van der Waals surface area contributed by atoms with Gasteiger partial charge in [-0.15, -0.1) is 11.3 Å². The monoisotopic (exact) mass is 451 g/mol. The van der Waals surface area contributed by atoms with Crippen LogP contribution in [0.25, 0.3) is 0 Å². The molecule has 0 saturated heterocycles. The Morgan fingerprint density at radius 2 is 1.80 bits per heavy atom. The van der Waals surface area contributed by atoms with Gasteiger partial charge in [0.05, 0.1) is 17.1 Å². The number of carbonyl (C=O) groups excluding carboxylic acids is 3. The molecule has 0 spiro atoms. The summed E-state index contributed by atoms with van der Waals surface area (Å²) in [6.45, 7) is 1.73. The average molecular weight is 452 g/mol. The lowest BCUT2D eigenvalue weighted by molar-refractivity contribution is 0.0926. The van der Waals surface area contributed by atoms with Gasteiger partial charge in [-0.3, -0.25) is 14.9 Å². The minimum absolute atomic E-state index is 0.0379. The maximum atomic E-state index is 12.6. The Morgan fingerprint density at radius 1 is 1.13 bits per heavy atom. The van der Waals surface area contributed by atoms with Gasteiger partial charge in [0, 0.05) is 18.7 Å². The zero-order valence-electron chi connectivity index (χ0n) is 16.4. The van der Waals surface area contributed by atoms with Gasteiger partial charge in [-0.05, 0) is 55.5 Å². The van der Waals surface area contributed by atoms with Crippen molar-refractivity contribution in [3.05, 3.63) is 46.8 Å². The zero-order chi connectivity index (χ0) is 21.9. The van der Waals surface area contributed by atoms with Crippen molar-refractivity contribution < 1.29 is 27.5 Å². The van der Waals surface area contributed by atoms with E-state index in [4.69, 9.17) is 0 Å². The van der Waals surface area contributed by atoms with Crippen LogP contribution in [0.2, 0.25) is 0 Å². The molecule has 30 heavy (non-hydrogen) atoms. The number of nitrogens with zero attached hydrogens (tertiary/aromatic N) is 1. The van der Waals surface area contributed by atoms with Crippen LogP contribution in [0, 0.1) is 0 Å². The van der Waals surface area contributed by atoms with E-state index in [1.165, 1.54) is 34.6 Å². The molecule has 0 aliphatic heterocycles. The molecule has 2 N–H and O–H groups in total. The topological polar surface area (TPSA) is 122 Å². The SMILES string of the molecule is CCOC(=O)NC(=O)c1ccsc1NC(=O)c1ccc(S(=O)(=O)N(C)C2CC2)cc1. The van der Waals surface area contributed by atoms with Crippen LogP contribution in [0.15, 0.2) is 40.6 Å². The molecule has 1 saturated carbocycles. The van der Waals surface area contributed by atoms with Gasteiger partial charge in [0.1, 0.15) is 5.00 Å². The van der Waals surface area contributed by atoms with Gasteiger partial charge in [-0.1, -0.05) is 0 Å². The second-order valence-electron chi connectivity index (χ2n) is 6.57. The first-order valence-corrected chi connectivity index (χ1v) is 11.5. The molecule has 0 bridgehead atoms. The summed E-state index contributed by atoms with van der Waals surface area (Å²) in [6, 6.07) is 7.09. The lowest BCUT2D eigenvalue weighted by atomic mass is 10.2. The molecule has 2 aromatic rings. The van der Waals surface area contributed by atoms with Crippen LogP contribution in [0.5, 0.6) is 0 Å². The smallest absolute Gasteiger partial charge is 0.414 e. The molecule has 1 fully saturated rings. The molecule has 1 heterocycles. The summed E-state index contributed by atoms with van der Waals surface area (Å²) >= 11 is 1.12. The fourth-order valence-corrected chi connectivity index (χ4v) is 4.86. The number of sulfonamides is 1. The molecule has 1 aliphatic carbocycles. The Kier molecular flexibility index (Phi) is 6.54. The number of hydrogen-bond donors (Lipinski definition) is 2. The number of amides is 3. The van der Waals surface area contributed by atoms with Gasteiger partial charge >= 0.3 is 6.09 Å². The third-order valence-corrected chi connectivity index (χ3v) is 7.24. The van der Waals surface area contributed by atoms with Crippen LogP contribution in [-0.4, -0.2) is 50.3 Å². The minimum Gasteiger partial charge on any atom is -0.450 e. The van der Waals surface area contributed by atoms with E-state index in [1.54, 1.807) is 19.4 Å². The van der Waals surface area contributed by atoms with Crippen LogP contribution >= 0.6 is 11.3 Å². The van der Waals surface area contributed by atoms with E-state index >= 15 is 0 Å². The predicted octanol–water partition coefficient (Wildman–Crippen LogP) is 2.67.